The Morgan fingerprint density at radius 3 is 2.43 bits per heavy atom. The fourth-order valence-corrected chi connectivity index (χ4v) is 2.71. The number of aromatic hydroxyl groups is 1. The van der Waals surface area contributed by atoms with Crippen molar-refractivity contribution < 1.29 is 19.3 Å². The van der Waals surface area contributed by atoms with E-state index in [4.69, 9.17) is 14.2 Å². The van der Waals surface area contributed by atoms with Crippen LogP contribution in [0.2, 0.25) is 0 Å². The van der Waals surface area contributed by atoms with Gasteiger partial charge < -0.3 is 19.3 Å². The Morgan fingerprint density at radius 2 is 1.90 bits per heavy atom. The summed E-state index contributed by atoms with van der Waals surface area (Å²) < 4.78 is 16.1. The summed E-state index contributed by atoms with van der Waals surface area (Å²) in [6.45, 7) is 2.54. The SMILES string of the molecule is COc1cc(CN(C)CC2CCCCO2)cc(OC)c1O. The van der Waals surface area contributed by atoms with Gasteiger partial charge in [-0.3, -0.25) is 4.90 Å². The highest BCUT2D eigenvalue weighted by molar-refractivity contribution is 5.52. The number of hydrogen-bond acceptors (Lipinski definition) is 5. The van der Waals surface area contributed by atoms with Gasteiger partial charge in [0.05, 0.1) is 20.3 Å². The van der Waals surface area contributed by atoms with E-state index in [-0.39, 0.29) is 5.75 Å². The molecule has 2 rings (SSSR count). The quantitative estimate of drug-likeness (QED) is 0.873. The number of methoxy groups -OCH3 is 2. The highest BCUT2D eigenvalue weighted by atomic mass is 16.5. The van der Waals surface area contributed by atoms with Crippen molar-refractivity contribution in [2.24, 2.45) is 0 Å². The van der Waals surface area contributed by atoms with Crippen LogP contribution in [-0.2, 0) is 11.3 Å². The zero-order valence-corrected chi connectivity index (χ0v) is 13.1. The van der Waals surface area contributed by atoms with Crippen LogP contribution in [0.15, 0.2) is 12.1 Å². The van der Waals surface area contributed by atoms with E-state index >= 15 is 0 Å². The van der Waals surface area contributed by atoms with Crippen molar-refractivity contribution in [1.82, 2.24) is 4.90 Å². The van der Waals surface area contributed by atoms with E-state index in [1.54, 1.807) is 0 Å². The molecule has 0 bridgehead atoms. The van der Waals surface area contributed by atoms with Gasteiger partial charge in [-0.1, -0.05) is 0 Å². The topological polar surface area (TPSA) is 51.2 Å². The first-order valence-corrected chi connectivity index (χ1v) is 7.38. The standard InChI is InChI=1S/C16H25NO4/c1-17(11-13-6-4-5-7-21-13)10-12-8-14(19-2)16(18)15(9-12)20-3/h8-9,13,18H,4-7,10-11H2,1-3H3. The Balaban J connectivity index is 2.00. The summed E-state index contributed by atoms with van der Waals surface area (Å²) in [7, 11) is 5.15. The predicted molar refractivity (Wildman–Crippen MR) is 81.1 cm³/mol. The van der Waals surface area contributed by atoms with Gasteiger partial charge in [-0.25, -0.2) is 0 Å². The van der Waals surface area contributed by atoms with Crippen molar-refractivity contribution >= 4 is 0 Å². The van der Waals surface area contributed by atoms with Gasteiger partial charge in [-0.05, 0) is 44.0 Å². The molecule has 1 fully saturated rings. The van der Waals surface area contributed by atoms with Crippen LogP contribution in [0.4, 0.5) is 0 Å². The van der Waals surface area contributed by atoms with E-state index in [0.29, 0.717) is 17.6 Å². The molecule has 1 heterocycles. The Labute approximate surface area is 126 Å². The molecule has 0 radical (unpaired) electrons. The third-order valence-electron chi connectivity index (χ3n) is 3.78. The van der Waals surface area contributed by atoms with E-state index in [1.807, 2.05) is 12.1 Å². The summed E-state index contributed by atoms with van der Waals surface area (Å²) in [6, 6.07) is 3.69. The van der Waals surface area contributed by atoms with Crippen LogP contribution in [0, 0.1) is 0 Å². The molecule has 1 saturated heterocycles. The summed E-state index contributed by atoms with van der Waals surface area (Å²) in [6.07, 6.45) is 3.88. The average molecular weight is 295 g/mol. The lowest BCUT2D eigenvalue weighted by molar-refractivity contribution is -0.00260. The maximum absolute atomic E-state index is 9.92. The van der Waals surface area contributed by atoms with E-state index in [0.717, 1.165) is 31.7 Å². The van der Waals surface area contributed by atoms with Gasteiger partial charge in [0.1, 0.15) is 0 Å². The normalized spacial score (nSPS) is 18.8. The number of phenols is 1. The molecule has 0 aromatic heterocycles. The molecule has 1 atom stereocenters. The molecule has 1 aromatic carbocycles. The number of rotatable bonds is 6. The van der Waals surface area contributed by atoms with Crippen LogP contribution in [0.5, 0.6) is 17.2 Å². The van der Waals surface area contributed by atoms with Gasteiger partial charge in [0.25, 0.3) is 0 Å². The molecule has 0 spiro atoms. The van der Waals surface area contributed by atoms with Crippen molar-refractivity contribution in [3.63, 3.8) is 0 Å². The van der Waals surface area contributed by atoms with Gasteiger partial charge in [-0.15, -0.1) is 0 Å². The van der Waals surface area contributed by atoms with Gasteiger partial charge >= 0.3 is 0 Å². The van der Waals surface area contributed by atoms with Crippen molar-refractivity contribution in [3.8, 4) is 17.2 Å². The molecule has 1 unspecified atom stereocenters. The monoisotopic (exact) mass is 295 g/mol. The number of nitrogens with zero attached hydrogens (tertiary/aromatic N) is 1. The maximum Gasteiger partial charge on any atom is 0.200 e. The Bertz CT molecular complexity index is 433. The Kier molecular flexibility index (Phi) is 5.70. The molecule has 21 heavy (non-hydrogen) atoms. The van der Waals surface area contributed by atoms with Gasteiger partial charge in [0.15, 0.2) is 11.5 Å². The zero-order valence-electron chi connectivity index (χ0n) is 13.1. The summed E-state index contributed by atoms with van der Waals surface area (Å²) in [5, 5.41) is 9.92. The van der Waals surface area contributed by atoms with Gasteiger partial charge in [0.2, 0.25) is 5.75 Å². The molecule has 5 heteroatoms. The minimum Gasteiger partial charge on any atom is -0.502 e. The van der Waals surface area contributed by atoms with Crippen LogP contribution in [0.1, 0.15) is 24.8 Å². The van der Waals surface area contributed by atoms with Gasteiger partial charge in [0, 0.05) is 19.7 Å². The van der Waals surface area contributed by atoms with Crippen molar-refractivity contribution in [1.29, 1.82) is 0 Å². The fraction of sp³-hybridized carbons (Fsp3) is 0.625. The third kappa shape index (κ3) is 4.25. The van der Waals surface area contributed by atoms with Crippen LogP contribution in [0.3, 0.4) is 0 Å². The summed E-state index contributed by atoms with van der Waals surface area (Å²) in [5.74, 6) is 0.917. The number of hydrogen-bond donors (Lipinski definition) is 1. The van der Waals surface area contributed by atoms with Crippen LogP contribution >= 0.6 is 0 Å². The number of phenolic OH excluding ortho intramolecular Hbond substituents is 1. The third-order valence-corrected chi connectivity index (χ3v) is 3.78. The minimum atomic E-state index is 0.0435. The van der Waals surface area contributed by atoms with E-state index < -0.39 is 0 Å². The fourth-order valence-electron chi connectivity index (χ4n) is 2.71. The lowest BCUT2D eigenvalue weighted by Crippen LogP contribution is -2.33. The smallest absolute Gasteiger partial charge is 0.200 e. The zero-order chi connectivity index (χ0) is 15.2. The molecule has 0 amide bonds. The van der Waals surface area contributed by atoms with E-state index in [9.17, 15) is 5.11 Å². The Hall–Kier alpha value is -1.46. The maximum atomic E-state index is 9.92. The number of benzene rings is 1. The number of ether oxygens (including phenoxy) is 3. The number of likely N-dealkylation sites (N-methyl/N-ethyl adjacent to an activating group) is 1. The van der Waals surface area contributed by atoms with E-state index in [1.165, 1.54) is 27.1 Å². The first-order valence-electron chi connectivity index (χ1n) is 7.38. The molecule has 1 aliphatic heterocycles. The lowest BCUT2D eigenvalue weighted by Gasteiger charge is -2.27. The van der Waals surface area contributed by atoms with Crippen LogP contribution < -0.4 is 9.47 Å². The predicted octanol–water partition coefficient (Wildman–Crippen LogP) is 2.41. The molecule has 118 valence electrons. The Morgan fingerprint density at radius 1 is 1.24 bits per heavy atom. The van der Waals surface area contributed by atoms with Crippen LogP contribution in [0.25, 0.3) is 0 Å². The molecule has 0 aliphatic carbocycles. The van der Waals surface area contributed by atoms with E-state index in [2.05, 4.69) is 11.9 Å². The lowest BCUT2D eigenvalue weighted by atomic mass is 10.1. The first kappa shape index (κ1) is 15.9. The molecular weight excluding hydrogens is 270 g/mol. The largest absolute Gasteiger partial charge is 0.502 e. The molecule has 5 nitrogen and oxygen atoms in total. The van der Waals surface area contributed by atoms with Gasteiger partial charge in [-0.2, -0.15) is 0 Å². The van der Waals surface area contributed by atoms with Crippen molar-refractivity contribution in [2.45, 2.75) is 31.9 Å². The van der Waals surface area contributed by atoms with Crippen molar-refractivity contribution in [3.05, 3.63) is 17.7 Å². The molecule has 0 saturated carbocycles. The second-order valence-corrected chi connectivity index (χ2v) is 5.53. The first-order chi connectivity index (χ1) is 10.1. The van der Waals surface area contributed by atoms with Crippen molar-refractivity contribution in [2.75, 3.05) is 34.4 Å². The molecule has 1 N–H and O–H groups in total. The summed E-state index contributed by atoms with van der Waals surface area (Å²) >= 11 is 0. The molecular formula is C16H25NO4. The summed E-state index contributed by atoms with van der Waals surface area (Å²) in [5.41, 5.74) is 1.04. The minimum absolute atomic E-state index is 0.0435. The second-order valence-electron chi connectivity index (χ2n) is 5.53. The second kappa shape index (κ2) is 7.52. The highest BCUT2D eigenvalue weighted by Crippen LogP contribution is 2.37. The highest BCUT2D eigenvalue weighted by Gasteiger charge is 2.17. The summed E-state index contributed by atoms with van der Waals surface area (Å²) in [4.78, 5) is 2.22. The average Bonchev–Trinajstić information content (AvgIpc) is 2.49. The van der Waals surface area contributed by atoms with Crippen LogP contribution in [-0.4, -0.2) is 50.5 Å². The molecule has 1 aromatic rings. The molecule has 1 aliphatic rings.